The van der Waals surface area contributed by atoms with Crippen molar-refractivity contribution in [3.05, 3.63) is 109 Å². The standard InChI is InChI=1S/3C6H6.2C5H12.2C2H3NO/c3*1-2-4-6-5-3-1;2*1-5(2,3)4;2*1-3-2-4/h3*1-6H;2*1-4H3;2*1H3. The second-order valence-electron chi connectivity index (χ2n) is 10.1. The van der Waals surface area contributed by atoms with Crippen LogP contribution in [-0.4, -0.2) is 26.3 Å². The summed E-state index contributed by atoms with van der Waals surface area (Å²) in [7, 11) is 2.76. The van der Waals surface area contributed by atoms with Gasteiger partial charge in [-0.15, -0.1) is 0 Å². The second-order valence-corrected chi connectivity index (χ2v) is 10.1. The first-order valence-electron chi connectivity index (χ1n) is 11.7. The van der Waals surface area contributed by atoms with Crippen molar-refractivity contribution < 1.29 is 9.59 Å². The average Bonchev–Trinajstić information content (AvgIpc) is 2.86. The lowest BCUT2D eigenvalue weighted by Gasteiger charge is -2.05. The summed E-state index contributed by atoms with van der Waals surface area (Å²) < 4.78 is 0. The fraction of sp³-hybridized carbons (Fsp3) is 0.375. The van der Waals surface area contributed by atoms with E-state index in [4.69, 9.17) is 9.59 Å². The Kier molecular flexibility index (Phi) is 34.6. The van der Waals surface area contributed by atoms with E-state index in [1.54, 1.807) is 0 Å². The highest BCUT2D eigenvalue weighted by atomic mass is 16.1. The number of isocyanates is 2. The van der Waals surface area contributed by atoms with Crippen LogP contribution in [0.4, 0.5) is 0 Å². The third-order valence-corrected chi connectivity index (χ3v) is 2.18. The van der Waals surface area contributed by atoms with Crippen molar-refractivity contribution in [2.24, 2.45) is 20.8 Å². The molecular weight excluding hydrogens is 444 g/mol. The summed E-state index contributed by atoms with van der Waals surface area (Å²) in [5.41, 5.74) is 1.00. The Bertz CT molecular complexity index is 646. The van der Waals surface area contributed by atoms with Gasteiger partial charge in [0.15, 0.2) is 0 Å². The normalized spacial score (nSPS) is 8.28. The van der Waals surface area contributed by atoms with Gasteiger partial charge < -0.3 is 0 Å². The molecule has 198 valence electrons. The van der Waals surface area contributed by atoms with Gasteiger partial charge in [0.25, 0.3) is 0 Å². The van der Waals surface area contributed by atoms with E-state index in [-0.39, 0.29) is 0 Å². The van der Waals surface area contributed by atoms with Crippen LogP contribution in [0.1, 0.15) is 55.4 Å². The van der Waals surface area contributed by atoms with Crippen molar-refractivity contribution in [2.75, 3.05) is 14.1 Å². The van der Waals surface area contributed by atoms with Crippen LogP contribution in [0.5, 0.6) is 0 Å². The largest absolute Gasteiger partial charge is 0.234 e. The molecule has 4 nitrogen and oxygen atoms in total. The molecular formula is C32H48N2O2. The first-order valence-corrected chi connectivity index (χ1v) is 11.7. The van der Waals surface area contributed by atoms with Crippen molar-refractivity contribution in [3.63, 3.8) is 0 Å². The van der Waals surface area contributed by atoms with Crippen LogP contribution >= 0.6 is 0 Å². The van der Waals surface area contributed by atoms with Crippen molar-refractivity contribution in [1.29, 1.82) is 0 Å². The molecule has 0 aliphatic carbocycles. The highest BCUT2D eigenvalue weighted by Crippen LogP contribution is 2.08. The minimum atomic E-state index is 0.500. The lowest BCUT2D eigenvalue weighted by Crippen LogP contribution is -1.93. The molecule has 0 N–H and O–H groups in total. The lowest BCUT2D eigenvalue weighted by atomic mass is 10.0. The minimum absolute atomic E-state index is 0.500. The van der Waals surface area contributed by atoms with Crippen LogP contribution in [-0.2, 0) is 9.59 Å². The summed E-state index contributed by atoms with van der Waals surface area (Å²) in [6.07, 6.45) is 2.61. The Labute approximate surface area is 221 Å². The molecule has 0 unspecified atom stereocenters. The van der Waals surface area contributed by atoms with E-state index in [1.807, 2.05) is 109 Å². The van der Waals surface area contributed by atoms with Crippen molar-refractivity contribution in [2.45, 2.75) is 55.4 Å². The molecule has 0 saturated heterocycles. The zero-order chi connectivity index (χ0) is 28.6. The zero-order valence-corrected chi connectivity index (χ0v) is 24.1. The number of nitrogens with zero attached hydrogens (tertiary/aromatic N) is 2. The molecule has 0 fully saturated rings. The maximum Gasteiger partial charge on any atom is 0.234 e. The van der Waals surface area contributed by atoms with Gasteiger partial charge in [-0.3, -0.25) is 0 Å². The topological polar surface area (TPSA) is 58.9 Å². The Morgan fingerprint density at radius 2 is 0.417 bits per heavy atom. The highest BCUT2D eigenvalue weighted by Gasteiger charge is 1.96. The first kappa shape index (κ1) is 39.6. The molecule has 0 aliphatic rings. The van der Waals surface area contributed by atoms with Crippen LogP contribution in [0.2, 0.25) is 0 Å². The summed E-state index contributed by atoms with van der Waals surface area (Å²) in [5, 5.41) is 0. The SMILES string of the molecule is CC(C)(C)C.CC(C)(C)C.CN=C=O.CN=C=O.c1ccccc1.c1ccccc1.c1ccccc1. The quantitative estimate of drug-likeness (QED) is 0.232. The molecule has 3 aromatic rings. The van der Waals surface area contributed by atoms with Gasteiger partial charge in [0.2, 0.25) is 12.2 Å². The molecule has 0 aliphatic heterocycles. The molecule has 0 radical (unpaired) electrons. The number of aliphatic imine (C=N–C) groups is 2. The summed E-state index contributed by atoms with van der Waals surface area (Å²) in [5.74, 6) is 0. The van der Waals surface area contributed by atoms with E-state index in [1.165, 1.54) is 26.3 Å². The maximum absolute atomic E-state index is 8.88. The van der Waals surface area contributed by atoms with Crippen LogP contribution in [0.25, 0.3) is 0 Å². The average molecular weight is 493 g/mol. The van der Waals surface area contributed by atoms with Crippen molar-refractivity contribution in [3.8, 4) is 0 Å². The molecule has 3 aromatic carbocycles. The Balaban J connectivity index is -0.000000167. The molecule has 0 bridgehead atoms. The Hall–Kier alpha value is -3.58. The van der Waals surface area contributed by atoms with Gasteiger partial charge in [-0.2, -0.15) is 0 Å². The van der Waals surface area contributed by atoms with Gasteiger partial charge in [-0.05, 0) is 10.8 Å². The zero-order valence-electron chi connectivity index (χ0n) is 24.1. The molecule has 0 aromatic heterocycles. The third-order valence-electron chi connectivity index (χ3n) is 2.18. The fourth-order valence-corrected chi connectivity index (χ4v) is 1.15. The first-order chi connectivity index (χ1) is 16.8. The van der Waals surface area contributed by atoms with Gasteiger partial charge >= 0.3 is 0 Å². The molecule has 36 heavy (non-hydrogen) atoms. The van der Waals surface area contributed by atoms with Gasteiger partial charge in [-0.1, -0.05) is 165 Å². The summed E-state index contributed by atoms with van der Waals surface area (Å²) in [4.78, 5) is 23.6. The second kappa shape index (κ2) is 31.4. The van der Waals surface area contributed by atoms with E-state index in [0.717, 1.165) is 0 Å². The predicted octanol–water partition coefficient (Wildman–Crippen LogP) is 9.07. The van der Waals surface area contributed by atoms with E-state index in [9.17, 15) is 0 Å². The van der Waals surface area contributed by atoms with Gasteiger partial charge in [0.05, 0.1) is 0 Å². The molecule has 0 spiro atoms. The van der Waals surface area contributed by atoms with Gasteiger partial charge in [-0.25, -0.2) is 19.6 Å². The molecule has 0 amide bonds. The van der Waals surface area contributed by atoms with Gasteiger partial charge in [0, 0.05) is 14.1 Å². The Morgan fingerprint density at radius 1 is 0.361 bits per heavy atom. The summed E-state index contributed by atoms with van der Waals surface area (Å²) in [6, 6.07) is 36.0. The van der Waals surface area contributed by atoms with Crippen LogP contribution in [0.15, 0.2) is 119 Å². The molecule has 4 heteroatoms. The smallest absolute Gasteiger partial charge is 0.211 e. The maximum atomic E-state index is 8.88. The molecule has 0 heterocycles. The molecule has 0 atom stereocenters. The third kappa shape index (κ3) is 97.7. The number of benzene rings is 3. The van der Waals surface area contributed by atoms with Crippen LogP contribution in [0.3, 0.4) is 0 Å². The Morgan fingerprint density at radius 3 is 0.444 bits per heavy atom. The van der Waals surface area contributed by atoms with E-state index >= 15 is 0 Å². The number of hydrogen-bond donors (Lipinski definition) is 0. The predicted molar refractivity (Wildman–Crippen MR) is 158 cm³/mol. The molecule has 3 rings (SSSR count). The lowest BCUT2D eigenvalue weighted by molar-refractivity contribution is 0.469. The monoisotopic (exact) mass is 492 g/mol. The summed E-state index contributed by atoms with van der Waals surface area (Å²) >= 11 is 0. The van der Waals surface area contributed by atoms with E-state index in [2.05, 4.69) is 65.4 Å². The van der Waals surface area contributed by atoms with E-state index in [0.29, 0.717) is 10.8 Å². The minimum Gasteiger partial charge on any atom is -0.211 e. The van der Waals surface area contributed by atoms with Gasteiger partial charge in [0.1, 0.15) is 0 Å². The van der Waals surface area contributed by atoms with Crippen molar-refractivity contribution in [1.82, 2.24) is 0 Å². The number of carbonyl (C=O) groups excluding carboxylic acids is 2. The molecule has 0 saturated carbocycles. The fourth-order valence-electron chi connectivity index (χ4n) is 1.15. The number of hydrogen-bond acceptors (Lipinski definition) is 4. The van der Waals surface area contributed by atoms with Crippen LogP contribution < -0.4 is 0 Å². The van der Waals surface area contributed by atoms with E-state index < -0.39 is 0 Å². The van der Waals surface area contributed by atoms with Crippen LogP contribution in [0, 0.1) is 10.8 Å². The van der Waals surface area contributed by atoms with Crippen molar-refractivity contribution >= 4 is 12.2 Å². The number of rotatable bonds is 0. The summed E-state index contributed by atoms with van der Waals surface area (Å²) in [6.45, 7) is 17.5. The highest BCUT2D eigenvalue weighted by molar-refractivity contribution is 5.32.